The van der Waals surface area contributed by atoms with Crippen LogP contribution in [0.15, 0.2) is 17.4 Å². The van der Waals surface area contributed by atoms with Gasteiger partial charge < -0.3 is 5.32 Å². The molecular weight excluding hydrogens is 244 g/mol. The molecule has 1 aliphatic heterocycles. The van der Waals surface area contributed by atoms with Crippen LogP contribution >= 0.6 is 11.8 Å². The highest BCUT2D eigenvalue weighted by Gasteiger charge is 2.38. The molecule has 5 heteroatoms. The van der Waals surface area contributed by atoms with E-state index >= 15 is 0 Å². The van der Waals surface area contributed by atoms with E-state index < -0.39 is 0 Å². The summed E-state index contributed by atoms with van der Waals surface area (Å²) in [7, 11) is 0. The van der Waals surface area contributed by atoms with Gasteiger partial charge in [0.1, 0.15) is 0 Å². The average molecular weight is 264 g/mol. The van der Waals surface area contributed by atoms with E-state index in [1.165, 1.54) is 25.7 Å². The monoisotopic (exact) mass is 264 g/mol. The van der Waals surface area contributed by atoms with Crippen molar-refractivity contribution in [2.45, 2.75) is 51.1 Å². The lowest BCUT2D eigenvalue weighted by Gasteiger charge is -2.16. The van der Waals surface area contributed by atoms with E-state index in [1.54, 1.807) is 0 Å². The number of anilines is 1. The number of aliphatic imine (C=N–C) groups is 1. The van der Waals surface area contributed by atoms with Crippen molar-refractivity contribution in [3.05, 3.63) is 12.4 Å². The maximum atomic E-state index is 4.90. The zero-order valence-electron chi connectivity index (χ0n) is 11.0. The molecule has 0 saturated heterocycles. The molecule has 0 atom stereocenters. The molecule has 2 heterocycles. The van der Waals surface area contributed by atoms with Gasteiger partial charge in [-0.15, -0.1) is 0 Å². The minimum atomic E-state index is 0.251. The van der Waals surface area contributed by atoms with Gasteiger partial charge in [0, 0.05) is 18.0 Å². The van der Waals surface area contributed by atoms with Crippen molar-refractivity contribution in [3.63, 3.8) is 0 Å². The van der Waals surface area contributed by atoms with Crippen molar-refractivity contribution in [1.82, 2.24) is 9.78 Å². The van der Waals surface area contributed by atoms with Crippen molar-refractivity contribution in [2.75, 3.05) is 11.1 Å². The van der Waals surface area contributed by atoms with E-state index in [2.05, 4.69) is 24.3 Å². The second kappa shape index (κ2) is 4.61. The van der Waals surface area contributed by atoms with Crippen LogP contribution in [0.1, 0.15) is 45.6 Å². The van der Waals surface area contributed by atoms with Crippen LogP contribution in [0.3, 0.4) is 0 Å². The molecule has 98 valence electrons. The van der Waals surface area contributed by atoms with Gasteiger partial charge >= 0.3 is 0 Å². The molecule has 0 radical (unpaired) electrons. The first-order valence-electron chi connectivity index (χ1n) is 6.71. The summed E-state index contributed by atoms with van der Waals surface area (Å²) in [4.78, 5) is 4.90. The lowest BCUT2D eigenvalue weighted by molar-refractivity contribution is 0.508. The van der Waals surface area contributed by atoms with Gasteiger partial charge in [-0.25, -0.2) is 0 Å². The van der Waals surface area contributed by atoms with Crippen molar-refractivity contribution >= 4 is 22.6 Å². The van der Waals surface area contributed by atoms with Gasteiger partial charge in [0.2, 0.25) is 0 Å². The van der Waals surface area contributed by atoms with Gasteiger partial charge in [-0.05, 0) is 26.7 Å². The lowest BCUT2D eigenvalue weighted by atomic mass is 10.0. The van der Waals surface area contributed by atoms with Crippen LogP contribution in [0.4, 0.5) is 5.69 Å². The zero-order chi connectivity index (χ0) is 12.6. The third kappa shape index (κ3) is 2.28. The number of nitrogens with zero attached hydrogens (tertiary/aromatic N) is 3. The Morgan fingerprint density at radius 2 is 2.17 bits per heavy atom. The zero-order valence-corrected chi connectivity index (χ0v) is 11.8. The van der Waals surface area contributed by atoms with Gasteiger partial charge in [-0.1, -0.05) is 24.6 Å². The highest BCUT2D eigenvalue weighted by Crippen LogP contribution is 2.41. The van der Waals surface area contributed by atoms with Crippen LogP contribution in [0, 0.1) is 0 Å². The Kier molecular flexibility index (Phi) is 3.09. The van der Waals surface area contributed by atoms with Gasteiger partial charge in [-0.3, -0.25) is 9.67 Å². The fourth-order valence-electron chi connectivity index (χ4n) is 2.64. The Labute approximate surface area is 112 Å². The average Bonchev–Trinajstić information content (AvgIpc) is 3.03. The molecule has 1 aliphatic carbocycles. The molecule has 18 heavy (non-hydrogen) atoms. The number of amidine groups is 1. The Hall–Kier alpha value is -0.970. The van der Waals surface area contributed by atoms with Crippen LogP contribution < -0.4 is 5.32 Å². The highest BCUT2D eigenvalue weighted by molar-refractivity contribution is 8.14. The van der Waals surface area contributed by atoms with Crippen LogP contribution in [-0.2, 0) is 0 Å². The lowest BCUT2D eigenvalue weighted by Crippen LogP contribution is -2.21. The maximum absolute atomic E-state index is 4.90. The van der Waals surface area contributed by atoms with E-state index in [9.17, 15) is 0 Å². The summed E-state index contributed by atoms with van der Waals surface area (Å²) in [5.41, 5.74) is 1.30. The Bertz CT molecular complexity index is 457. The van der Waals surface area contributed by atoms with Crippen molar-refractivity contribution < 1.29 is 0 Å². The molecule has 1 N–H and O–H groups in total. The summed E-state index contributed by atoms with van der Waals surface area (Å²) in [6.45, 7) is 4.26. The molecule has 0 unspecified atom stereocenters. The Morgan fingerprint density at radius 3 is 2.83 bits per heavy atom. The molecule has 1 fully saturated rings. The quantitative estimate of drug-likeness (QED) is 0.891. The maximum Gasteiger partial charge on any atom is 0.161 e. The first kappa shape index (κ1) is 12.1. The summed E-state index contributed by atoms with van der Waals surface area (Å²) in [6.07, 6.45) is 9.12. The van der Waals surface area contributed by atoms with Crippen LogP contribution in [0.2, 0.25) is 0 Å². The molecule has 0 aromatic carbocycles. The van der Waals surface area contributed by atoms with E-state index in [4.69, 9.17) is 4.99 Å². The number of aromatic nitrogens is 2. The Balaban J connectivity index is 1.69. The van der Waals surface area contributed by atoms with E-state index in [0.29, 0.717) is 6.04 Å². The summed E-state index contributed by atoms with van der Waals surface area (Å²) < 4.78 is 1.97. The molecule has 0 bridgehead atoms. The highest BCUT2D eigenvalue weighted by atomic mass is 32.2. The van der Waals surface area contributed by atoms with Gasteiger partial charge in [0.05, 0.1) is 17.4 Å². The predicted molar refractivity (Wildman–Crippen MR) is 77.3 cm³/mol. The second-order valence-electron chi connectivity index (χ2n) is 5.56. The first-order chi connectivity index (χ1) is 8.67. The number of hydrogen-bond donors (Lipinski definition) is 1. The topological polar surface area (TPSA) is 42.2 Å². The first-order valence-corrected chi connectivity index (χ1v) is 7.69. The number of nitrogens with one attached hydrogen (secondary N) is 1. The van der Waals surface area contributed by atoms with Gasteiger partial charge in [0.25, 0.3) is 0 Å². The number of rotatable bonds is 2. The van der Waals surface area contributed by atoms with E-state index in [1.807, 2.05) is 28.8 Å². The molecule has 0 amide bonds. The number of hydrogen-bond acceptors (Lipinski definition) is 4. The molecule has 1 saturated carbocycles. The molecule has 4 nitrogen and oxygen atoms in total. The standard InChI is InChI=1S/C13H20N4S/c1-10(2)17-8-11(7-14-17)15-12-16-13(9-18-12)5-3-4-6-13/h7-8,10H,3-6,9H2,1-2H3,(H,15,16). The van der Waals surface area contributed by atoms with Crippen LogP contribution in [-0.4, -0.2) is 26.2 Å². The third-order valence-corrected chi connectivity index (χ3v) is 4.88. The summed E-state index contributed by atoms with van der Waals surface area (Å²) in [5.74, 6) is 1.15. The number of thioether (sulfide) groups is 1. The van der Waals surface area contributed by atoms with Crippen molar-refractivity contribution in [2.24, 2.45) is 4.99 Å². The molecule has 1 aromatic heterocycles. The largest absolute Gasteiger partial charge is 0.332 e. The molecule has 2 aliphatic rings. The summed E-state index contributed by atoms with van der Waals surface area (Å²) >= 11 is 1.85. The molecular formula is C13H20N4S. The smallest absolute Gasteiger partial charge is 0.161 e. The fourth-order valence-corrected chi connectivity index (χ4v) is 3.85. The second-order valence-corrected chi connectivity index (χ2v) is 6.53. The normalized spacial score (nSPS) is 21.8. The SMILES string of the molecule is CC(C)n1cc(NC2=NC3(CCCC3)CS2)cn1. The van der Waals surface area contributed by atoms with Crippen molar-refractivity contribution in [3.8, 4) is 0 Å². The molecule has 1 aromatic rings. The van der Waals surface area contributed by atoms with Gasteiger partial charge in [0.15, 0.2) is 5.17 Å². The Morgan fingerprint density at radius 1 is 1.39 bits per heavy atom. The van der Waals surface area contributed by atoms with E-state index in [-0.39, 0.29) is 5.54 Å². The van der Waals surface area contributed by atoms with E-state index in [0.717, 1.165) is 16.6 Å². The third-order valence-electron chi connectivity index (χ3n) is 3.73. The summed E-state index contributed by atoms with van der Waals surface area (Å²) in [6, 6.07) is 0.403. The van der Waals surface area contributed by atoms with Crippen molar-refractivity contribution in [1.29, 1.82) is 0 Å². The van der Waals surface area contributed by atoms with Crippen LogP contribution in [0.5, 0.6) is 0 Å². The molecule has 1 spiro atoms. The van der Waals surface area contributed by atoms with Gasteiger partial charge in [-0.2, -0.15) is 5.10 Å². The fraction of sp³-hybridized carbons (Fsp3) is 0.692. The summed E-state index contributed by atoms with van der Waals surface area (Å²) in [5, 5.41) is 8.80. The minimum absolute atomic E-state index is 0.251. The minimum Gasteiger partial charge on any atom is -0.332 e. The molecule has 3 rings (SSSR count). The predicted octanol–water partition coefficient (Wildman–Crippen LogP) is 3.29. The van der Waals surface area contributed by atoms with Crippen LogP contribution in [0.25, 0.3) is 0 Å².